The van der Waals surface area contributed by atoms with Gasteiger partial charge in [-0.25, -0.2) is 0 Å². The quantitative estimate of drug-likeness (QED) is 0.795. The van der Waals surface area contributed by atoms with Crippen molar-refractivity contribution in [1.29, 1.82) is 0 Å². The Labute approximate surface area is 104 Å². The Morgan fingerprint density at radius 3 is 2.53 bits per heavy atom. The van der Waals surface area contributed by atoms with Gasteiger partial charge in [0.25, 0.3) is 0 Å². The molecule has 0 aliphatic carbocycles. The fourth-order valence-corrected chi connectivity index (χ4v) is 2.37. The van der Waals surface area contributed by atoms with Gasteiger partial charge in [-0.05, 0) is 26.7 Å². The first-order chi connectivity index (χ1) is 8.02. The van der Waals surface area contributed by atoms with Crippen molar-refractivity contribution in [3.05, 3.63) is 0 Å². The molecule has 98 valence electrons. The van der Waals surface area contributed by atoms with Gasteiger partial charge in [-0.15, -0.1) is 0 Å². The Hall–Kier alpha value is -1.06. The van der Waals surface area contributed by atoms with E-state index in [2.05, 4.69) is 12.2 Å². The van der Waals surface area contributed by atoms with Crippen LogP contribution in [-0.2, 0) is 9.59 Å². The number of rotatable bonds is 5. The Bertz CT molecular complexity index is 291. The second-order valence-corrected chi connectivity index (χ2v) is 4.88. The van der Waals surface area contributed by atoms with Crippen LogP contribution in [0.15, 0.2) is 0 Å². The first kappa shape index (κ1) is 14.0. The summed E-state index contributed by atoms with van der Waals surface area (Å²) in [6, 6.07) is -0.516. The third kappa shape index (κ3) is 2.99. The zero-order chi connectivity index (χ0) is 13.0. The molecule has 0 saturated carbocycles. The Morgan fingerprint density at radius 2 is 2.00 bits per heavy atom. The lowest BCUT2D eigenvalue weighted by molar-refractivity contribution is -0.151. The van der Waals surface area contributed by atoms with Gasteiger partial charge in [-0.3, -0.25) is 9.59 Å². The Kier molecular flexibility index (Phi) is 4.97. The van der Waals surface area contributed by atoms with Crippen LogP contribution in [0.25, 0.3) is 0 Å². The molecule has 0 aromatic rings. The van der Waals surface area contributed by atoms with Gasteiger partial charge in [0.2, 0.25) is 11.8 Å². The van der Waals surface area contributed by atoms with Gasteiger partial charge < -0.3 is 10.2 Å². The Morgan fingerprint density at radius 1 is 1.35 bits per heavy atom. The fraction of sp³-hybridized carbons (Fsp3) is 0.846. The molecule has 0 spiro atoms. The minimum absolute atomic E-state index is 0.0280. The number of nitrogens with zero attached hydrogens (tertiary/aromatic N) is 1. The smallest absolute Gasteiger partial charge is 0.246 e. The molecule has 1 fully saturated rings. The molecule has 0 bridgehead atoms. The van der Waals surface area contributed by atoms with Gasteiger partial charge in [0, 0.05) is 6.04 Å². The van der Waals surface area contributed by atoms with E-state index in [1.165, 1.54) is 0 Å². The number of nitrogens with one attached hydrogen (secondary N) is 1. The molecule has 1 N–H and O–H groups in total. The summed E-state index contributed by atoms with van der Waals surface area (Å²) in [4.78, 5) is 25.8. The highest BCUT2D eigenvalue weighted by molar-refractivity contribution is 5.96. The monoisotopic (exact) mass is 240 g/mol. The van der Waals surface area contributed by atoms with Crippen LogP contribution >= 0.6 is 0 Å². The van der Waals surface area contributed by atoms with E-state index < -0.39 is 0 Å². The highest BCUT2D eigenvalue weighted by Gasteiger charge is 2.39. The highest BCUT2D eigenvalue weighted by Crippen LogP contribution is 2.18. The molecule has 0 aromatic carbocycles. The topological polar surface area (TPSA) is 49.4 Å². The second-order valence-electron chi connectivity index (χ2n) is 4.88. The summed E-state index contributed by atoms with van der Waals surface area (Å²) in [6.07, 6.45) is 3.84. The van der Waals surface area contributed by atoms with Gasteiger partial charge in [0.15, 0.2) is 0 Å². The van der Waals surface area contributed by atoms with Gasteiger partial charge in [0.05, 0.1) is 0 Å². The lowest BCUT2D eigenvalue weighted by Crippen LogP contribution is -2.64. The highest BCUT2D eigenvalue weighted by atomic mass is 16.2. The largest absolute Gasteiger partial charge is 0.343 e. The van der Waals surface area contributed by atoms with Gasteiger partial charge in [-0.2, -0.15) is 0 Å². The number of amides is 2. The first-order valence-electron chi connectivity index (χ1n) is 6.65. The maximum absolute atomic E-state index is 12.2. The van der Waals surface area contributed by atoms with Crippen molar-refractivity contribution in [2.45, 2.75) is 71.5 Å². The van der Waals surface area contributed by atoms with Gasteiger partial charge >= 0.3 is 0 Å². The molecule has 1 heterocycles. The predicted octanol–water partition coefficient (Wildman–Crippen LogP) is 1.69. The van der Waals surface area contributed by atoms with Crippen molar-refractivity contribution in [1.82, 2.24) is 10.2 Å². The van der Waals surface area contributed by atoms with Crippen molar-refractivity contribution in [3.63, 3.8) is 0 Å². The van der Waals surface area contributed by atoms with E-state index in [4.69, 9.17) is 0 Å². The van der Waals surface area contributed by atoms with Crippen molar-refractivity contribution < 1.29 is 9.59 Å². The van der Waals surface area contributed by atoms with Crippen molar-refractivity contribution in [3.8, 4) is 0 Å². The maximum atomic E-state index is 12.2. The molecule has 4 nitrogen and oxygen atoms in total. The summed E-state index contributed by atoms with van der Waals surface area (Å²) in [7, 11) is 0. The predicted molar refractivity (Wildman–Crippen MR) is 67.5 cm³/mol. The SMILES string of the molecule is CCCCC(C)N1C(=O)C(CC)NC(=O)C1C. The van der Waals surface area contributed by atoms with Crippen molar-refractivity contribution in [2.75, 3.05) is 0 Å². The zero-order valence-corrected chi connectivity index (χ0v) is 11.3. The molecular formula is C13H24N2O2. The molecule has 3 atom stereocenters. The summed E-state index contributed by atoms with van der Waals surface area (Å²) < 4.78 is 0. The van der Waals surface area contributed by atoms with E-state index in [0.717, 1.165) is 19.3 Å². The van der Waals surface area contributed by atoms with E-state index in [-0.39, 0.29) is 29.9 Å². The standard InChI is InChI=1S/C13H24N2O2/c1-5-7-8-9(3)15-10(4)12(16)14-11(6-2)13(15)17/h9-11H,5-8H2,1-4H3,(H,14,16). The molecule has 1 aliphatic heterocycles. The average molecular weight is 240 g/mol. The number of carbonyl (C=O) groups is 2. The molecule has 3 unspecified atom stereocenters. The van der Waals surface area contributed by atoms with Crippen molar-refractivity contribution >= 4 is 11.8 Å². The lowest BCUT2D eigenvalue weighted by Gasteiger charge is -2.40. The molecule has 17 heavy (non-hydrogen) atoms. The first-order valence-corrected chi connectivity index (χ1v) is 6.65. The third-order valence-electron chi connectivity index (χ3n) is 3.52. The van der Waals surface area contributed by atoms with E-state index in [0.29, 0.717) is 6.42 Å². The van der Waals surface area contributed by atoms with Crippen LogP contribution in [0.1, 0.15) is 53.4 Å². The average Bonchev–Trinajstić information content (AvgIpc) is 2.31. The molecule has 2 amide bonds. The van der Waals surface area contributed by atoms with Gasteiger partial charge in [0.1, 0.15) is 12.1 Å². The molecular weight excluding hydrogens is 216 g/mol. The number of piperazine rings is 1. The summed E-state index contributed by atoms with van der Waals surface area (Å²) in [5.74, 6) is 0.0444. The van der Waals surface area contributed by atoms with Gasteiger partial charge in [-0.1, -0.05) is 26.7 Å². The van der Waals surface area contributed by atoms with E-state index in [1.54, 1.807) is 4.90 Å². The third-order valence-corrected chi connectivity index (χ3v) is 3.52. The summed E-state index contributed by atoms with van der Waals surface area (Å²) in [5, 5.41) is 2.78. The number of hydrogen-bond acceptors (Lipinski definition) is 2. The molecule has 1 rings (SSSR count). The van der Waals surface area contributed by atoms with E-state index >= 15 is 0 Å². The van der Waals surface area contributed by atoms with Crippen LogP contribution in [0.2, 0.25) is 0 Å². The van der Waals surface area contributed by atoms with Crippen LogP contribution in [-0.4, -0.2) is 34.8 Å². The normalized spacial score (nSPS) is 26.9. The number of hydrogen-bond donors (Lipinski definition) is 1. The molecule has 0 radical (unpaired) electrons. The van der Waals surface area contributed by atoms with Crippen LogP contribution in [0.5, 0.6) is 0 Å². The van der Waals surface area contributed by atoms with E-state index in [9.17, 15) is 9.59 Å². The van der Waals surface area contributed by atoms with Crippen LogP contribution in [0, 0.1) is 0 Å². The molecule has 1 saturated heterocycles. The second kappa shape index (κ2) is 6.03. The summed E-state index contributed by atoms with van der Waals surface area (Å²) >= 11 is 0. The number of unbranched alkanes of at least 4 members (excludes halogenated alkanes) is 1. The maximum Gasteiger partial charge on any atom is 0.246 e. The van der Waals surface area contributed by atoms with Crippen molar-refractivity contribution in [2.24, 2.45) is 0 Å². The molecule has 0 aromatic heterocycles. The van der Waals surface area contributed by atoms with Crippen LogP contribution in [0.3, 0.4) is 0 Å². The van der Waals surface area contributed by atoms with Crippen LogP contribution in [0.4, 0.5) is 0 Å². The Balaban J connectivity index is 2.77. The fourth-order valence-electron chi connectivity index (χ4n) is 2.37. The van der Waals surface area contributed by atoms with Crippen LogP contribution < -0.4 is 5.32 Å². The molecule has 1 aliphatic rings. The minimum Gasteiger partial charge on any atom is -0.343 e. The summed E-state index contributed by atoms with van der Waals surface area (Å²) in [5.41, 5.74) is 0. The zero-order valence-electron chi connectivity index (χ0n) is 11.3. The lowest BCUT2D eigenvalue weighted by atomic mass is 10.0. The van der Waals surface area contributed by atoms with E-state index in [1.807, 2.05) is 20.8 Å². The molecule has 4 heteroatoms. The summed E-state index contributed by atoms with van der Waals surface area (Å²) in [6.45, 7) is 7.90. The minimum atomic E-state index is -0.336. The number of carbonyl (C=O) groups excluding carboxylic acids is 2.